The molecule has 1 amide bonds. The van der Waals surface area contributed by atoms with Crippen LogP contribution in [0.3, 0.4) is 0 Å². The molecule has 0 bridgehead atoms. The lowest BCUT2D eigenvalue weighted by Gasteiger charge is -2.14. The molecule has 0 aliphatic carbocycles. The second-order valence-corrected chi connectivity index (χ2v) is 7.08. The maximum atomic E-state index is 12.4. The highest BCUT2D eigenvalue weighted by atomic mass is 32.2. The first-order valence-electron chi connectivity index (χ1n) is 6.61. The third-order valence-corrected chi connectivity index (χ3v) is 4.87. The van der Waals surface area contributed by atoms with Gasteiger partial charge in [-0.25, -0.2) is 12.7 Å². The average Bonchev–Trinajstić information content (AvgIpc) is 2.91. The molecule has 8 nitrogen and oxygen atoms in total. The molecule has 0 saturated heterocycles. The van der Waals surface area contributed by atoms with E-state index in [1.807, 2.05) is 0 Å². The Morgan fingerprint density at radius 1 is 1.30 bits per heavy atom. The van der Waals surface area contributed by atoms with E-state index in [2.05, 4.69) is 10.5 Å². The molecule has 124 valence electrons. The zero-order chi connectivity index (χ0) is 17.2. The van der Waals surface area contributed by atoms with Gasteiger partial charge in [-0.15, -0.1) is 0 Å². The lowest BCUT2D eigenvalue weighted by molar-refractivity contribution is 0.102. The van der Waals surface area contributed by atoms with E-state index in [0.717, 1.165) is 4.31 Å². The minimum atomic E-state index is -3.66. The fourth-order valence-corrected chi connectivity index (χ4v) is 2.77. The summed E-state index contributed by atoms with van der Waals surface area (Å²) in [5.41, 5.74) is 0.0797. The van der Waals surface area contributed by atoms with Gasteiger partial charge in [0.1, 0.15) is 11.5 Å². The number of nitrogens with one attached hydrogen (secondary N) is 1. The highest BCUT2D eigenvalue weighted by molar-refractivity contribution is 7.89. The van der Waals surface area contributed by atoms with Crippen LogP contribution in [0.15, 0.2) is 33.7 Å². The van der Waals surface area contributed by atoms with Crippen molar-refractivity contribution >= 4 is 21.7 Å². The topological polar surface area (TPSA) is 102 Å². The molecule has 0 fully saturated rings. The van der Waals surface area contributed by atoms with Crippen LogP contribution in [0.25, 0.3) is 0 Å². The highest BCUT2D eigenvalue weighted by Crippen LogP contribution is 2.24. The Morgan fingerprint density at radius 3 is 2.52 bits per heavy atom. The van der Waals surface area contributed by atoms with Crippen molar-refractivity contribution in [1.82, 2.24) is 9.46 Å². The molecule has 0 spiro atoms. The van der Waals surface area contributed by atoms with Crippen LogP contribution in [0, 0.1) is 6.92 Å². The number of carbonyl (C=O) groups is 1. The zero-order valence-corrected chi connectivity index (χ0v) is 14.0. The molecule has 9 heteroatoms. The summed E-state index contributed by atoms with van der Waals surface area (Å²) in [6, 6.07) is 5.62. The first-order chi connectivity index (χ1) is 10.8. The molecular weight excluding hydrogens is 322 g/mol. The Balaban J connectivity index is 2.41. The summed E-state index contributed by atoms with van der Waals surface area (Å²) in [6.07, 6.45) is 0. The number of hydrogen-bond donors (Lipinski definition) is 1. The monoisotopic (exact) mass is 339 g/mol. The number of benzene rings is 1. The maximum Gasteiger partial charge on any atom is 0.260 e. The largest absolute Gasteiger partial charge is 0.496 e. The second kappa shape index (κ2) is 6.39. The number of rotatable bonds is 5. The van der Waals surface area contributed by atoms with E-state index in [-0.39, 0.29) is 22.0 Å². The molecule has 0 atom stereocenters. The van der Waals surface area contributed by atoms with E-state index in [1.165, 1.54) is 39.4 Å². The number of amides is 1. The van der Waals surface area contributed by atoms with Crippen LogP contribution in [0.2, 0.25) is 0 Å². The van der Waals surface area contributed by atoms with Gasteiger partial charge >= 0.3 is 0 Å². The number of nitrogens with zero attached hydrogens (tertiary/aromatic N) is 2. The minimum absolute atomic E-state index is 0.00946. The molecule has 1 aromatic carbocycles. The molecule has 23 heavy (non-hydrogen) atoms. The fourth-order valence-electron chi connectivity index (χ4n) is 1.84. The number of methoxy groups -OCH3 is 1. The summed E-state index contributed by atoms with van der Waals surface area (Å²) >= 11 is 0. The molecule has 0 unspecified atom stereocenters. The molecule has 0 saturated carbocycles. The van der Waals surface area contributed by atoms with E-state index in [9.17, 15) is 13.2 Å². The number of hydrogen-bond acceptors (Lipinski definition) is 6. The van der Waals surface area contributed by atoms with E-state index in [4.69, 9.17) is 9.26 Å². The third-order valence-electron chi connectivity index (χ3n) is 3.06. The minimum Gasteiger partial charge on any atom is -0.496 e. The molecule has 0 radical (unpaired) electrons. The van der Waals surface area contributed by atoms with Gasteiger partial charge in [-0.3, -0.25) is 4.79 Å². The van der Waals surface area contributed by atoms with Gasteiger partial charge in [-0.05, 0) is 25.1 Å². The normalized spacial score (nSPS) is 11.5. The maximum absolute atomic E-state index is 12.4. The molecule has 0 aliphatic heterocycles. The molecule has 2 aromatic rings. The molecule has 1 heterocycles. The van der Waals surface area contributed by atoms with E-state index >= 15 is 0 Å². The number of ether oxygens (including phenoxy) is 1. The van der Waals surface area contributed by atoms with Crippen molar-refractivity contribution < 1.29 is 22.5 Å². The summed E-state index contributed by atoms with van der Waals surface area (Å²) < 4.78 is 35.4. The van der Waals surface area contributed by atoms with Crippen molar-refractivity contribution in [3.8, 4) is 5.75 Å². The summed E-state index contributed by atoms with van der Waals surface area (Å²) in [4.78, 5) is 12.4. The van der Waals surface area contributed by atoms with Gasteiger partial charge in [0.15, 0.2) is 5.82 Å². The standard InChI is InChI=1S/C14H17N3O5S/c1-9-7-13(16-22-9)15-14(18)11-8-10(5-6-12(11)21-4)23(19,20)17(2)3/h5-8H,1-4H3,(H,15,16,18). The Bertz CT molecular complexity index is 827. The van der Waals surface area contributed by atoms with E-state index in [0.29, 0.717) is 5.76 Å². The average molecular weight is 339 g/mol. The van der Waals surface area contributed by atoms with Crippen LogP contribution in [-0.2, 0) is 10.0 Å². The van der Waals surface area contributed by atoms with Crippen LogP contribution in [-0.4, -0.2) is 45.0 Å². The quantitative estimate of drug-likeness (QED) is 0.885. The summed E-state index contributed by atoms with van der Waals surface area (Å²) in [7, 11) is 0.561. The van der Waals surface area contributed by atoms with Gasteiger partial charge in [0.05, 0.1) is 17.6 Å². The van der Waals surface area contributed by atoms with E-state index in [1.54, 1.807) is 13.0 Å². The zero-order valence-electron chi connectivity index (χ0n) is 13.2. The van der Waals surface area contributed by atoms with Gasteiger partial charge in [0.25, 0.3) is 5.91 Å². The van der Waals surface area contributed by atoms with Crippen LogP contribution in [0.5, 0.6) is 5.75 Å². The van der Waals surface area contributed by atoms with E-state index < -0.39 is 15.9 Å². The first-order valence-corrected chi connectivity index (χ1v) is 8.05. The van der Waals surface area contributed by atoms with Crippen LogP contribution >= 0.6 is 0 Å². The van der Waals surface area contributed by atoms with Gasteiger partial charge in [-0.1, -0.05) is 5.16 Å². The Labute approximate surface area is 134 Å². The van der Waals surface area contributed by atoms with Crippen molar-refractivity contribution in [1.29, 1.82) is 0 Å². The molecular formula is C14H17N3O5S. The van der Waals surface area contributed by atoms with Crippen molar-refractivity contribution in [2.75, 3.05) is 26.5 Å². The highest BCUT2D eigenvalue weighted by Gasteiger charge is 2.22. The lowest BCUT2D eigenvalue weighted by atomic mass is 10.2. The molecule has 0 aliphatic rings. The van der Waals surface area contributed by atoms with Gasteiger partial charge in [-0.2, -0.15) is 0 Å². The van der Waals surface area contributed by atoms with Gasteiger partial charge in [0.2, 0.25) is 10.0 Å². The molecule has 1 aromatic heterocycles. The van der Waals surface area contributed by atoms with Crippen molar-refractivity contribution in [2.24, 2.45) is 0 Å². The van der Waals surface area contributed by atoms with Crippen LogP contribution in [0.1, 0.15) is 16.1 Å². The summed E-state index contributed by atoms with van der Waals surface area (Å²) in [5, 5.41) is 6.19. The number of anilines is 1. The predicted molar refractivity (Wildman–Crippen MR) is 83.1 cm³/mol. The Morgan fingerprint density at radius 2 is 2.00 bits per heavy atom. The smallest absolute Gasteiger partial charge is 0.260 e. The van der Waals surface area contributed by atoms with Crippen molar-refractivity contribution in [3.05, 3.63) is 35.6 Å². The predicted octanol–water partition coefficient (Wildman–Crippen LogP) is 1.49. The molecule has 2 rings (SSSR count). The fraction of sp³-hybridized carbons (Fsp3) is 0.286. The van der Waals surface area contributed by atoms with Gasteiger partial charge < -0.3 is 14.6 Å². The SMILES string of the molecule is COc1ccc(S(=O)(=O)N(C)C)cc1C(=O)Nc1cc(C)on1. The summed E-state index contributed by atoms with van der Waals surface area (Å²) in [5.74, 6) is 0.470. The van der Waals surface area contributed by atoms with Crippen LogP contribution in [0.4, 0.5) is 5.82 Å². The number of sulfonamides is 1. The molecule has 1 N–H and O–H groups in total. The summed E-state index contributed by atoms with van der Waals surface area (Å²) in [6.45, 7) is 1.69. The Hall–Kier alpha value is -2.39. The third kappa shape index (κ3) is 3.51. The lowest BCUT2D eigenvalue weighted by Crippen LogP contribution is -2.23. The number of aryl methyl sites for hydroxylation is 1. The second-order valence-electron chi connectivity index (χ2n) is 4.93. The first kappa shape index (κ1) is 17.0. The van der Waals surface area contributed by atoms with Crippen LogP contribution < -0.4 is 10.1 Å². The van der Waals surface area contributed by atoms with Crippen molar-refractivity contribution in [2.45, 2.75) is 11.8 Å². The number of aromatic nitrogens is 1. The number of carbonyl (C=O) groups excluding carboxylic acids is 1. The van der Waals surface area contributed by atoms with Gasteiger partial charge in [0, 0.05) is 20.2 Å². The Kier molecular flexibility index (Phi) is 4.71. The van der Waals surface area contributed by atoms with Crippen molar-refractivity contribution in [3.63, 3.8) is 0 Å².